The first-order chi connectivity index (χ1) is 16.2. The molecule has 1 amide bonds. The van der Waals surface area contributed by atoms with Crippen molar-refractivity contribution >= 4 is 46.1 Å². The minimum atomic E-state index is -0.275. The quantitative estimate of drug-likeness (QED) is 0.384. The van der Waals surface area contributed by atoms with Crippen molar-refractivity contribution < 1.29 is 9.53 Å². The van der Waals surface area contributed by atoms with Crippen LogP contribution in [0.25, 0.3) is 6.08 Å². The van der Waals surface area contributed by atoms with Gasteiger partial charge in [0.25, 0.3) is 11.5 Å². The molecule has 0 aromatic carbocycles. The molecule has 2 aliphatic rings. The van der Waals surface area contributed by atoms with E-state index in [2.05, 4.69) is 24.8 Å². The average Bonchev–Trinajstić information content (AvgIpc) is 3.05. The van der Waals surface area contributed by atoms with Gasteiger partial charge in [0.15, 0.2) is 0 Å². The number of rotatable bonds is 8. The van der Waals surface area contributed by atoms with Gasteiger partial charge in [-0.05, 0) is 45.3 Å². The molecule has 0 saturated carbocycles. The first-order valence-corrected chi connectivity index (χ1v) is 13.3. The number of carbonyl (C=O) groups excluding carboxylic acids is 1. The van der Waals surface area contributed by atoms with Crippen LogP contribution in [0.3, 0.4) is 0 Å². The van der Waals surface area contributed by atoms with Crippen LogP contribution >= 0.6 is 24.0 Å². The summed E-state index contributed by atoms with van der Waals surface area (Å²) in [7, 11) is 0. The average molecular weight is 503 g/mol. The van der Waals surface area contributed by atoms with Crippen LogP contribution in [0, 0.1) is 18.3 Å². The van der Waals surface area contributed by atoms with Crippen molar-refractivity contribution in [3.05, 3.63) is 31.9 Å². The zero-order chi connectivity index (χ0) is 25.0. The van der Waals surface area contributed by atoms with Gasteiger partial charge in [0.05, 0.1) is 17.1 Å². The molecule has 34 heavy (non-hydrogen) atoms. The lowest BCUT2D eigenvalue weighted by Gasteiger charge is -2.39. The van der Waals surface area contributed by atoms with Crippen LogP contribution in [0.5, 0.6) is 0 Å². The summed E-state index contributed by atoms with van der Waals surface area (Å²) in [5.41, 5.74) is 1.19. The molecule has 2 unspecified atom stereocenters. The van der Waals surface area contributed by atoms with E-state index in [1.165, 1.54) is 11.8 Å². The number of nitrogens with zero attached hydrogens (tertiary/aromatic N) is 4. The Kier molecular flexibility index (Phi) is 8.96. The molecule has 7 nitrogen and oxygen atoms in total. The number of carbonyl (C=O) groups is 1. The second-order valence-corrected chi connectivity index (χ2v) is 10.7. The van der Waals surface area contributed by atoms with Crippen LogP contribution in [-0.4, -0.2) is 51.5 Å². The summed E-state index contributed by atoms with van der Waals surface area (Å²) < 4.78 is 8.22. The Labute approximate surface area is 211 Å². The number of amides is 1. The van der Waals surface area contributed by atoms with E-state index in [0.29, 0.717) is 41.0 Å². The van der Waals surface area contributed by atoms with E-state index in [-0.39, 0.29) is 29.2 Å². The highest BCUT2D eigenvalue weighted by Gasteiger charge is 2.34. The second kappa shape index (κ2) is 11.5. The minimum Gasteiger partial charge on any atom is -0.372 e. The van der Waals surface area contributed by atoms with Crippen molar-refractivity contribution in [2.45, 2.75) is 79.1 Å². The highest BCUT2D eigenvalue weighted by atomic mass is 32.2. The molecule has 0 bridgehead atoms. The number of unbranched alkanes of at least 4 members (excludes halogenated alkanes) is 2. The van der Waals surface area contributed by atoms with Gasteiger partial charge in [0, 0.05) is 31.7 Å². The van der Waals surface area contributed by atoms with Crippen LogP contribution in [0.2, 0.25) is 0 Å². The van der Waals surface area contributed by atoms with Crippen molar-refractivity contribution in [1.29, 1.82) is 5.26 Å². The number of thioether (sulfide) groups is 1. The number of pyridine rings is 1. The smallest absolute Gasteiger partial charge is 0.270 e. The number of thiocarbonyl (C=S) groups is 1. The highest BCUT2D eigenvalue weighted by molar-refractivity contribution is 8.26. The molecule has 3 rings (SSSR count). The predicted octanol–water partition coefficient (Wildman–Crippen LogP) is 4.44. The van der Waals surface area contributed by atoms with Gasteiger partial charge in [-0.15, -0.1) is 0 Å². The monoisotopic (exact) mass is 502 g/mol. The van der Waals surface area contributed by atoms with Crippen molar-refractivity contribution in [3.63, 3.8) is 0 Å². The summed E-state index contributed by atoms with van der Waals surface area (Å²) in [5, 5.41) is 9.83. The molecule has 0 N–H and O–H groups in total. The van der Waals surface area contributed by atoms with E-state index in [4.69, 9.17) is 17.0 Å². The molecule has 2 atom stereocenters. The number of hydrogen-bond acceptors (Lipinski definition) is 7. The van der Waals surface area contributed by atoms with E-state index >= 15 is 0 Å². The van der Waals surface area contributed by atoms with E-state index in [1.54, 1.807) is 16.4 Å². The number of aromatic nitrogens is 1. The van der Waals surface area contributed by atoms with Gasteiger partial charge >= 0.3 is 0 Å². The first-order valence-electron chi connectivity index (χ1n) is 12.1. The van der Waals surface area contributed by atoms with Gasteiger partial charge < -0.3 is 9.64 Å². The SMILES string of the molecule is CCCCN1C(=O)/C(=C\c2c(C)c(C#N)c(=O)n(CCCC)c2N2CC(C)OC(C)C2)SC1=S. The van der Waals surface area contributed by atoms with Gasteiger partial charge in [0.1, 0.15) is 21.8 Å². The van der Waals surface area contributed by atoms with Gasteiger partial charge in [-0.2, -0.15) is 5.26 Å². The van der Waals surface area contributed by atoms with Crippen LogP contribution in [0.15, 0.2) is 9.70 Å². The lowest BCUT2D eigenvalue weighted by molar-refractivity contribution is -0.122. The molecule has 2 saturated heterocycles. The van der Waals surface area contributed by atoms with E-state index in [9.17, 15) is 14.9 Å². The van der Waals surface area contributed by atoms with Gasteiger partial charge in [-0.1, -0.05) is 50.7 Å². The summed E-state index contributed by atoms with van der Waals surface area (Å²) in [4.78, 5) is 30.9. The molecule has 9 heteroatoms. The molecule has 0 aliphatic carbocycles. The number of ether oxygens (including phenoxy) is 1. The third kappa shape index (κ3) is 5.40. The normalized spacial score (nSPS) is 22.1. The standard InChI is InChI=1S/C25H34N4O3S2/c1-6-8-10-28-22(27-14-16(3)32-17(4)15-27)19(18(5)20(13-26)23(28)30)12-21-24(31)29(11-9-7-2)25(33)34-21/h12,16-17H,6-11,14-15H2,1-5H3/b21-12+. The van der Waals surface area contributed by atoms with Crippen molar-refractivity contribution in [2.75, 3.05) is 24.5 Å². The van der Waals surface area contributed by atoms with Crippen LogP contribution in [0.1, 0.15) is 70.1 Å². The zero-order valence-electron chi connectivity index (χ0n) is 20.7. The lowest BCUT2D eigenvalue weighted by atomic mass is 10.0. The summed E-state index contributed by atoms with van der Waals surface area (Å²) >= 11 is 6.78. The lowest BCUT2D eigenvalue weighted by Crippen LogP contribution is -2.48. The predicted molar refractivity (Wildman–Crippen MR) is 142 cm³/mol. The van der Waals surface area contributed by atoms with Crippen LogP contribution in [0.4, 0.5) is 5.82 Å². The fourth-order valence-corrected chi connectivity index (χ4v) is 5.79. The maximum absolute atomic E-state index is 13.4. The van der Waals surface area contributed by atoms with Crippen molar-refractivity contribution in [2.24, 2.45) is 0 Å². The molecule has 0 spiro atoms. The van der Waals surface area contributed by atoms with Gasteiger partial charge in [0.2, 0.25) is 0 Å². The zero-order valence-corrected chi connectivity index (χ0v) is 22.4. The Bertz CT molecular complexity index is 1080. The molecule has 3 heterocycles. The number of nitriles is 1. The van der Waals surface area contributed by atoms with E-state index < -0.39 is 0 Å². The summed E-state index contributed by atoms with van der Waals surface area (Å²) in [6.07, 6.45) is 5.42. The molecule has 2 fully saturated rings. The fraction of sp³-hybridized carbons (Fsp3) is 0.600. The molecule has 1 aromatic heterocycles. The number of hydrogen-bond donors (Lipinski definition) is 0. The highest BCUT2D eigenvalue weighted by Crippen LogP contribution is 2.36. The van der Waals surface area contributed by atoms with Crippen molar-refractivity contribution in [1.82, 2.24) is 9.47 Å². The van der Waals surface area contributed by atoms with Crippen LogP contribution in [-0.2, 0) is 16.1 Å². The van der Waals surface area contributed by atoms with Crippen LogP contribution < -0.4 is 10.5 Å². The molecule has 1 aromatic rings. The maximum Gasteiger partial charge on any atom is 0.270 e. The third-order valence-electron chi connectivity index (χ3n) is 6.19. The Balaban J connectivity index is 2.22. The number of morpholine rings is 1. The molecular weight excluding hydrogens is 468 g/mol. The molecule has 2 aliphatic heterocycles. The maximum atomic E-state index is 13.4. The summed E-state index contributed by atoms with van der Waals surface area (Å²) in [6, 6.07) is 2.12. The Morgan fingerprint density at radius 2 is 1.76 bits per heavy atom. The topological polar surface area (TPSA) is 78.6 Å². The summed E-state index contributed by atoms with van der Waals surface area (Å²) in [5.74, 6) is 0.651. The van der Waals surface area contributed by atoms with E-state index in [1.807, 2.05) is 19.9 Å². The van der Waals surface area contributed by atoms with Gasteiger partial charge in [-0.3, -0.25) is 19.1 Å². The van der Waals surface area contributed by atoms with Crippen molar-refractivity contribution in [3.8, 4) is 6.07 Å². The third-order valence-corrected chi connectivity index (χ3v) is 7.56. The Morgan fingerprint density at radius 3 is 2.35 bits per heavy atom. The first kappa shape index (κ1) is 26.5. The van der Waals surface area contributed by atoms with Gasteiger partial charge in [-0.25, -0.2) is 0 Å². The Morgan fingerprint density at radius 1 is 1.15 bits per heavy atom. The van der Waals surface area contributed by atoms with E-state index in [0.717, 1.165) is 37.1 Å². The Hall–Kier alpha value is -2.15. The minimum absolute atomic E-state index is 0.00506. The second-order valence-electron chi connectivity index (χ2n) is 9.01. The molecular formula is C25H34N4O3S2. The largest absolute Gasteiger partial charge is 0.372 e. The fourth-order valence-electron chi connectivity index (χ4n) is 4.50. The summed E-state index contributed by atoms with van der Waals surface area (Å²) in [6.45, 7) is 12.4. The molecule has 184 valence electrons. The number of anilines is 1. The molecule has 0 radical (unpaired) electrons.